The Kier molecular flexibility index (Phi) is 2.74. The van der Waals surface area contributed by atoms with Gasteiger partial charge in [0.05, 0.1) is 0 Å². The molecule has 1 atom stereocenters. The zero-order valence-electron chi connectivity index (χ0n) is 10.5. The number of aromatic nitrogens is 1. The van der Waals surface area contributed by atoms with Crippen molar-refractivity contribution in [2.45, 2.75) is 19.3 Å². The number of aromatic amines is 1. The van der Waals surface area contributed by atoms with Gasteiger partial charge in [-0.2, -0.15) is 4.99 Å². The molecule has 0 radical (unpaired) electrons. The van der Waals surface area contributed by atoms with Crippen LogP contribution in [0.3, 0.4) is 0 Å². The molecule has 1 aromatic heterocycles. The van der Waals surface area contributed by atoms with E-state index in [-0.39, 0.29) is 17.8 Å². The van der Waals surface area contributed by atoms with Crippen LogP contribution in [0.15, 0.2) is 29.3 Å². The number of nitrogens with two attached hydrogens (primary N) is 2. The number of H-pyrrole nitrogens is 1. The summed E-state index contributed by atoms with van der Waals surface area (Å²) in [5.41, 5.74) is 14.1. The molecule has 0 spiro atoms. The fourth-order valence-corrected chi connectivity index (χ4v) is 2.80. The first kappa shape index (κ1) is 11.8. The van der Waals surface area contributed by atoms with E-state index < -0.39 is 0 Å². The number of fused-ring (bicyclic) bond motifs is 3. The lowest BCUT2D eigenvalue weighted by molar-refractivity contribution is -0.121. The van der Waals surface area contributed by atoms with Gasteiger partial charge in [-0.15, -0.1) is 0 Å². The molecule has 5 heteroatoms. The first-order valence-corrected chi connectivity index (χ1v) is 6.37. The number of nitrogens with zero attached hydrogens (tertiary/aromatic N) is 1. The molecule has 1 aromatic carbocycles. The molecule has 3 rings (SSSR count). The lowest BCUT2D eigenvalue weighted by Gasteiger charge is -2.19. The number of aliphatic imine (C=N–C) groups is 1. The van der Waals surface area contributed by atoms with Crippen LogP contribution in [-0.4, -0.2) is 16.9 Å². The van der Waals surface area contributed by atoms with Gasteiger partial charge in [-0.1, -0.05) is 18.2 Å². The number of aryl methyl sites for hydroxylation is 1. The van der Waals surface area contributed by atoms with Crippen molar-refractivity contribution < 1.29 is 4.79 Å². The average Bonchev–Trinajstić information content (AvgIpc) is 2.75. The van der Waals surface area contributed by atoms with Crippen LogP contribution in [0.25, 0.3) is 10.9 Å². The molecular weight excluding hydrogens is 240 g/mol. The standard InChI is InChI=1S/C14H16N4O/c15-14(16)18-13(19)8-5-6-12-10(7-8)9-3-1-2-4-11(9)17-12/h1-4,8,17H,5-7H2,(H4,15,16,18,19). The first-order valence-electron chi connectivity index (χ1n) is 6.37. The lowest BCUT2D eigenvalue weighted by atomic mass is 9.86. The van der Waals surface area contributed by atoms with E-state index in [4.69, 9.17) is 11.5 Å². The molecule has 0 aliphatic heterocycles. The van der Waals surface area contributed by atoms with Gasteiger partial charge in [0.25, 0.3) is 5.91 Å². The van der Waals surface area contributed by atoms with Gasteiger partial charge in [0.2, 0.25) is 0 Å². The smallest absolute Gasteiger partial charge is 0.252 e. The maximum Gasteiger partial charge on any atom is 0.252 e. The fraction of sp³-hybridized carbons (Fsp3) is 0.286. The number of carbonyl (C=O) groups is 1. The Morgan fingerprint density at radius 2 is 2.11 bits per heavy atom. The van der Waals surface area contributed by atoms with Gasteiger partial charge >= 0.3 is 0 Å². The van der Waals surface area contributed by atoms with Gasteiger partial charge in [0.15, 0.2) is 5.96 Å². The van der Waals surface area contributed by atoms with E-state index in [0.29, 0.717) is 6.42 Å². The van der Waals surface area contributed by atoms with Gasteiger partial charge in [0, 0.05) is 22.5 Å². The van der Waals surface area contributed by atoms with Crippen molar-refractivity contribution >= 4 is 22.8 Å². The quantitative estimate of drug-likeness (QED) is 0.526. The van der Waals surface area contributed by atoms with E-state index in [1.54, 1.807) is 0 Å². The second-order valence-electron chi connectivity index (χ2n) is 4.94. The summed E-state index contributed by atoms with van der Waals surface area (Å²) in [7, 11) is 0. The summed E-state index contributed by atoms with van der Waals surface area (Å²) in [5.74, 6) is -0.487. The summed E-state index contributed by atoms with van der Waals surface area (Å²) >= 11 is 0. The molecule has 0 bridgehead atoms. The average molecular weight is 256 g/mol. The Labute approximate surface area is 110 Å². The minimum Gasteiger partial charge on any atom is -0.370 e. The third kappa shape index (κ3) is 2.07. The molecule has 1 aliphatic rings. The number of carbonyl (C=O) groups excluding carboxylic acids is 1. The van der Waals surface area contributed by atoms with Gasteiger partial charge < -0.3 is 16.5 Å². The predicted octanol–water partition coefficient (Wildman–Crippen LogP) is 1.07. The highest BCUT2D eigenvalue weighted by atomic mass is 16.1. The number of hydrogen-bond donors (Lipinski definition) is 3. The number of amides is 1. The number of para-hydroxylation sites is 1. The van der Waals surface area contributed by atoms with E-state index in [1.807, 2.05) is 12.1 Å². The van der Waals surface area contributed by atoms with Crippen molar-refractivity contribution in [3.8, 4) is 0 Å². The van der Waals surface area contributed by atoms with Crippen LogP contribution in [0.2, 0.25) is 0 Å². The summed E-state index contributed by atoms with van der Waals surface area (Å²) in [6.45, 7) is 0. The highest BCUT2D eigenvalue weighted by Gasteiger charge is 2.27. The Bertz CT molecular complexity index is 667. The predicted molar refractivity (Wildman–Crippen MR) is 74.6 cm³/mol. The van der Waals surface area contributed by atoms with Crippen molar-refractivity contribution in [1.29, 1.82) is 0 Å². The Morgan fingerprint density at radius 3 is 2.89 bits per heavy atom. The molecule has 19 heavy (non-hydrogen) atoms. The Morgan fingerprint density at radius 1 is 1.32 bits per heavy atom. The molecule has 2 aromatic rings. The van der Waals surface area contributed by atoms with Crippen LogP contribution in [-0.2, 0) is 17.6 Å². The third-order valence-electron chi connectivity index (χ3n) is 3.68. The topological polar surface area (TPSA) is 97.3 Å². The Hall–Kier alpha value is -2.30. The second kappa shape index (κ2) is 4.42. The third-order valence-corrected chi connectivity index (χ3v) is 3.68. The fourth-order valence-electron chi connectivity index (χ4n) is 2.80. The van der Waals surface area contributed by atoms with Crippen molar-refractivity contribution in [2.75, 3.05) is 0 Å². The summed E-state index contributed by atoms with van der Waals surface area (Å²) in [6.07, 6.45) is 2.35. The van der Waals surface area contributed by atoms with Gasteiger partial charge in [0.1, 0.15) is 0 Å². The first-order chi connectivity index (χ1) is 9.15. The van der Waals surface area contributed by atoms with Crippen LogP contribution >= 0.6 is 0 Å². The number of nitrogens with one attached hydrogen (secondary N) is 1. The minimum absolute atomic E-state index is 0.117. The minimum atomic E-state index is -0.212. The largest absolute Gasteiger partial charge is 0.370 e. The second-order valence-corrected chi connectivity index (χ2v) is 4.94. The normalized spacial score (nSPS) is 18.0. The molecule has 1 heterocycles. The van der Waals surface area contributed by atoms with Crippen LogP contribution in [0, 0.1) is 5.92 Å². The molecule has 5 N–H and O–H groups in total. The van der Waals surface area contributed by atoms with Crippen molar-refractivity contribution in [3.63, 3.8) is 0 Å². The number of hydrogen-bond acceptors (Lipinski definition) is 1. The number of rotatable bonds is 1. The van der Waals surface area contributed by atoms with E-state index in [0.717, 1.165) is 18.4 Å². The highest BCUT2D eigenvalue weighted by Crippen LogP contribution is 2.32. The van der Waals surface area contributed by atoms with Crippen LogP contribution in [0.1, 0.15) is 17.7 Å². The molecule has 0 saturated carbocycles. The van der Waals surface area contributed by atoms with E-state index in [9.17, 15) is 4.79 Å². The summed E-state index contributed by atoms with van der Waals surface area (Å²) in [6, 6.07) is 8.16. The van der Waals surface area contributed by atoms with Crippen LogP contribution in [0.4, 0.5) is 0 Å². The van der Waals surface area contributed by atoms with Crippen LogP contribution < -0.4 is 11.5 Å². The SMILES string of the molecule is NC(N)=NC(=O)C1CCc2[nH]c3ccccc3c2C1. The van der Waals surface area contributed by atoms with E-state index in [1.165, 1.54) is 16.6 Å². The molecular formula is C14H16N4O. The van der Waals surface area contributed by atoms with E-state index >= 15 is 0 Å². The molecule has 0 fully saturated rings. The van der Waals surface area contributed by atoms with Crippen molar-refractivity contribution in [1.82, 2.24) is 4.98 Å². The molecule has 1 amide bonds. The number of benzene rings is 1. The lowest BCUT2D eigenvalue weighted by Crippen LogP contribution is -2.28. The van der Waals surface area contributed by atoms with Gasteiger partial charge in [-0.05, 0) is 30.9 Å². The Balaban J connectivity index is 1.95. The highest BCUT2D eigenvalue weighted by molar-refractivity contribution is 5.93. The molecule has 98 valence electrons. The molecule has 1 aliphatic carbocycles. The summed E-state index contributed by atoms with van der Waals surface area (Å²) in [5, 5.41) is 1.19. The van der Waals surface area contributed by atoms with E-state index in [2.05, 4.69) is 22.1 Å². The van der Waals surface area contributed by atoms with Crippen molar-refractivity contribution in [3.05, 3.63) is 35.5 Å². The zero-order chi connectivity index (χ0) is 13.4. The monoisotopic (exact) mass is 256 g/mol. The summed E-state index contributed by atoms with van der Waals surface area (Å²) in [4.78, 5) is 19.0. The van der Waals surface area contributed by atoms with Crippen LogP contribution in [0.5, 0.6) is 0 Å². The van der Waals surface area contributed by atoms with Gasteiger partial charge in [-0.3, -0.25) is 4.79 Å². The number of guanidine groups is 1. The van der Waals surface area contributed by atoms with Gasteiger partial charge in [-0.25, -0.2) is 0 Å². The van der Waals surface area contributed by atoms with Crippen molar-refractivity contribution in [2.24, 2.45) is 22.4 Å². The maximum absolute atomic E-state index is 11.9. The molecule has 5 nitrogen and oxygen atoms in total. The molecule has 0 saturated heterocycles. The molecule has 1 unspecified atom stereocenters. The maximum atomic E-state index is 11.9. The zero-order valence-corrected chi connectivity index (χ0v) is 10.5. The summed E-state index contributed by atoms with van der Waals surface area (Å²) < 4.78 is 0.